The Hall–Kier alpha value is -2.36. The highest BCUT2D eigenvalue weighted by Gasteiger charge is 2.15. The SMILES string of the molecule is Cc1cc(NC(=O)C(C)c2cccc(N)c2)ccc1F. The Morgan fingerprint density at radius 3 is 2.65 bits per heavy atom. The summed E-state index contributed by atoms with van der Waals surface area (Å²) >= 11 is 0. The number of anilines is 2. The summed E-state index contributed by atoms with van der Waals surface area (Å²) in [5.74, 6) is -0.766. The molecule has 0 saturated heterocycles. The number of hydrogen-bond donors (Lipinski definition) is 2. The number of nitrogens with one attached hydrogen (secondary N) is 1. The van der Waals surface area contributed by atoms with Crippen LogP contribution in [0.2, 0.25) is 0 Å². The van der Waals surface area contributed by atoms with Gasteiger partial charge >= 0.3 is 0 Å². The molecule has 0 spiro atoms. The monoisotopic (exact) mass is 272 g/mol. The van der Waals surface area contributed by atoms with E-state index in [4.69, 9.17) is 5.73 Å². The molecule has 20 heavy (non-hydrogen) atoms. The van der Waals surface area contributed by atoms with E-state index < -0.39 is 0 Å². The molecule has 0 bridgehead atoms. The lowest BCUT2D eigenvalue weighted by molar-refractivity contribution is -0.117. The number of amides is 1. The first-order valence-corrected chi connectivity index (χ1v) is 6.40. The van der Waals surface area contributed by atoms with Crippen LogP contribution >= 0.6 is 0 Å². The third-order valence-corrected chi connectivity index (χ3v) is 3.23. The van der Waals surface area contributed by atoms with Crippen molar-refractivity contribution < 1.29 is 9.18 Å². The van der Waals surface area contributed by atoms with Crippen LogP contribution in [-0.2, 0) is 4.79 Å². The summed E-state index contributed by atoms with van der Waals surface area (Å²) in [6.45, 7) is 3.47. The predicted octanol–water partition coefficient (Wildman–Crippen LogP) is 3.46. The molecule has 0 aliphatic carbocycles. The maximum absolute atomic E-state index is 13.2. The molecule has 1 atom stereocenters. The van der Waals surface area contributed by atoms with Crippen LogP contribution in [0.4, 0.5) is 15.8 Å². The predicted molar refractivity (Wildman–Crippen MR) is 79.0 cm³/mol. The smallest absolute Gasteiger partial charge is 0.231 e. The highest BCUT2D eigenvalue weighted by Crippen LogP contribution is 2.21. The lowest BCUT2D eigenvalue weighted by Crippen LogP contribution is -2.19. The van der Waals surface area contributed by atoms with Gasteiger partial charge in [-0.15, -0.1) is 0 Å². The maximum atomic E-state index is 13.2. The molecule has 2 aromatic carbocycles. The van der Waals surface area contributed by atoms with E-state index >= 15 is 0 Å². The van der Waals surface area contributed by atoms with Crippen LogP contribution in [0.25, 0.3) is 0 Å². The third-order valence-electron chi connectivity index (χ3n) is 3.23. The molecule has 3 nitrogen and oxygen atoms in total. The molecular formula is C16H17FN2O. The number of benzene rings is 2. The fourth-order valence-corrected chi connectivity index (χ4v) is 1.95. The molecule has 3 N–H and O–H groups in total. The zero-order valence-electron chi connectivity index (χ0n) is 11.5. The number of nitrogen functional groups attached to an aromatic ring is 1. The minimum absolute atomic E-state index is 0.151. The van der Waals surface area contributed by atoms with Crippen molar-refractivity contribution in [3.05, 3.63) is 59.4 Å². The number of carbonyl (C=O) groups excluding carboxylic acids is 1. The Labute approximate surface area is 117 Å². The molecule has 2 rings (SSSR count). The lowest BCUT2D eigenvalue weighted by Gasteiger charge is -2.13. The van der Waals surface area contributed by atoms with Crippen LogP contribution in [-0.4, -0.2) is 5.91 Å². The second-order valence-electron chi connectivity index (χ2n) is 4.85. The van der Waals surface area contributed by atoms with Gasteiger partial charge < -0.3 is 11.1 Å². The minimum atomic E-state index is -0.330. The normalized spacial score (nSPS) is 11.9. The van der Waals surface area contributed by atoms with Crippen molar-refractivity contribution >= 4 is 17.3 Å². The van der Waals surface area contributed by atoms with Crippen molar-refractivity contribution in [2.24, 2.45) is 0 Å². The number of aryl methyl sites for hydroxylation is 1. The van der Waals surface area contributed by atoms with Crippen molar-refractivity contribution in [2.45, 2.75) is 19.8 Å². The van der Waals surface area contributed by atoms with Gasteiger partial charge in [-0.1, -0.05) is 12.1 Å². The van der Waals surface area contributed by atoms with E-state index in [0.29, 0.717) is 16.9 Å². The van der Waals surface area contributed by atoms with Gasteiger partial charge in [0.05, 0.1) is 5.92 Å². The Morgan fingerprint density at radius 1 is 1.25 bits per heavy atom. The van der Waals surface area contributed by atoms with Crippen LogP contribution in [0.15, 0.2) is 42.5 Å². The molecule has 0 radical (unpaired) electrons. The van der Waals surface area contributed by atoms with Crippen LogP contribution in [0, 0.1) is 12.7 Å². The molecule has 4 heteroatoms. The summed E-state index contributed by atoms with van der Waals surface area (Å²) in [4.78, 5) is 12.2. The molecule has 0 saturated carbocycles. The Kier molecular flexibility index (Phi) is 4.03. The van der Waals surface area contributed by atoms with E-state index in [1.54, 1.807) is 38.1 Å². The van der Waals surface area contributed by atoms with Gasteiger partial charge in [-0.3, -0.25) is 4.79 Å². The molecule has 104 valence electrons. The number of nitrogens with two attached hydrogens (primary N) is 1. The van der Waals surface area contributed by atoms with Crippen LogP contribution in [0.1, 0.15) is 24.0 Å². The summed E-state index contributed by atoms with van der Waals surface area (Å²) in [6, 6.07) is 11.7. The number of carbonyl (C=O) groups is 1. The van der Waals surface area contributed by atoms with Gasteiger partial charge in [-0.05, 0) is 55.3 Å². The molecular weight excluding hydrogens is 255 g/mol. The Balaban J connectivity index is 2.13. The van der Waals surface area contributed by atoms with Gasteiger partial charge in [0.2, 0.25) is 5.91 Å². The average molecular weight is 272 g/mol. The number of halogens is 1. The quantitative estimate of drug-likeness (QED) is 0.841. The lowest BCUT2D eigenvalue weighted by atomic mass is 9.99. The van der Waals surface area contributed by atoms with Crippen LogP contribution in [0.3, 0.4) is 0 Å². The number of hydrogen-bond acceptors (Lipinski definition) is 2. The second-order valence-corrected chi connectivity index (χ2v) is 4.85. The Bertz CT molecular complexity index is 640. The average Bonchev–Trinajstić information content (AvgIpc) is 2.42. The molecule has 1 unspecified atom stereocenters. The van der Waals surface area contributed by atoms with Crippen molar-refractivity contribution in [1.29, 1.82) is 0 Å². The fraction of sp³-hybridized carbons (Fsp3) is 0.188. The van der Waals surface area contributed by atoms with Gasteiger partial charge in [-0.2, -0.15) is 0 Å². The van der Waals surface area contributed by atoms with Gasteiger partial charge in [0.15, 0.2) is 0 Å². The molecule has 0 aliphatic rings. The standard InChI is InChI=1S/C16H17FN2O/c1-10-8-14(6-7-15(10)17)19-16(20)11(2)12-4-3-5-13(18)9-12/h3-9,11H,18H2,1-2H3,(H,19,20). The minimum Gasteiger partial charge on any atom is -0.399 e. The van der Waals surface area contributed by atoms with E-state index in [-0.39, 0.29) is 17.6 Å². The molecule has 1 amide bonds. The zero-order valence-corrected chi connectivity index (χ0v) is 11.5. The van der Waals surface area contributed by atoms with E-state index in [1.165, 1.54) is 6.07 Å². The largest absolute Gasteiger partial charge is 0.399 e. The number of rotatable bonds is 3. The van der Waals surface area contributed by atoms with E-state index in [9.17, 15) is 9.18 Å². The summed E-state index contributed by atoms with van der Waals surface area (Å²) in [7, 11) is 0. The van der Waals surface area contributed by atoms with Gasteiger partial charge in [0, 0.05) is 11.4 Å². The maximum Gasteiger partial charge on any atom is 0.231 e. The van der Waals surface area contributed by atoms with E-state index in [1.807, 2.05) is 12.1 Å². The summed E-state index contributed by atoms with van der Waals surface area (Å²) in [5, 5.41) is 2.78. The zero-order chi connectivity index (χ0) is 14.7. The van der Waals surface area contributed by atoms with Crippen LogP contribution in [0.5, 0.6) is 0 Å². The molecule has 0 heterocycles. The highest BCUT2D eigenvalue weighted by atomic mass is 19.1. The van der Waals surface area contributed by atoms with Gasteiger partial charge in [-0.25, -0.2) is 4.39 Å². The fourth-order valence-electron chi connectivity index (χ4n) is 1.95. The first kappa shape index (κ1) is 14.1. The van der Waals surface area contributed by atoms with Crippen LogP contribution < -0.4 is 11.1 Å². The second kappa shape index (κ2) is 5.74. The van der Waals surface area contributed by atoms with E-state index in [0.717, 1.165) is 5.56 Å². The molecule has 2 aromatic rings. The van der Waals surface area contributed by atoms with E-state index in [2.05, 4.69) is 5.32 Å². The Morgan fingerprint density at radius 2 is 2.00 bits per heavy atom. The van der Waals surface area contributed by atoms with Gasteiger partial charge in [0.1, 0.15) is 5.82 Å². The first-order valence-electron chi connectivity index (χ1n) is 6.40. The van der Waals surface area contributed by atoms with Gasteiger partial charge in [0.25, 0.3) is 0 Å². The first-order chi connectivity index (χ1) is 9.47. The van der Waals surface area contributed by atoms with Crippen molar-refractivity contribution in [3.63, 3.8) is 0 Å². The highest BCUT2D eigenvalue weighted by molar-refractivity contribution is 5.95. The van der Waals surface area contributed by atoms with Crippen molar-refractivity contribution in [3.8, 4) is 0 Å². The molecule has 0 aliphatic heterocycles. The topological polar surface area (TPSA) is 55.1 Å². The molecule has 0 aromatic heterocycles. The summed E-state index contributed by atoms with van der Waals surface area (Å²) < 4.78 is 13.2. The summed E-state index contributed by atoms with van der Waals surface area (Å²) in [5.41, 5.74) is 8.27. The molecule has 0 fully saturated rings. The summed E-state index contributed by atoms with van der Waals surface area (Å²) in [6.07, 6.45) is 0. The third kappa shape index (κ3) is 3.15. The van der Waals surface area contributed by atoms with Crippen molar-refractivity contribution in [1.82, 2.24) is 0 Å². The van der Waals surface area contributed by atoms with Crippen molar-refractivity contribution in [2.75, 3.05) is 11.1 Å².